The van der Waals surface area contributed by atoms with E-state index in [1.807, 2.05) is 19.9 Å². The first-order valence-corrected chi connectivity index (χ1v) is 5.47. The van der Waals surface area contributed by atoms with Crippen LogP contribution in [0.15, 0.2) is 24.3 Å². The highest BCUT2D eigenvalue weighted by Gasteiger charge is 2.25. The zero-order chi connectivity index (χ0) is 11.3. The van der Waals surface area contributed by atoms with Crippen LogP contribution >= 0.6 is 0 Å². The van der Waals surface area contributed by atoms with Crippen molar-refractivity contribution in [2.75, 3.05) is 13.2 Å². The van der Waals surface area contributed by atoms with Crippen molar-refractivity contribution in [1.82, 2.24) is 0 Å². The van der Waals surface area contributed by atoms with Gasteiger partial charge in [-0.05, 0) is 25.8 Å². The van der Waals surface area contributed by atoms with Crippen LogP contribution in [0.5, 0.6) is 0 Å². The molecule has 1 aliphatic rings. The van der Waals surface area contributed by atoms with Gasteiger partial charge in [0.15, 0.2) is 6.29 Å². The molecule has 0 bridgehead atoms. The smallest absolute Gasteiger partial charge is 0.180 e. The molecule has 1 aliphatic carbocycles. The SMILES string of the molecule is C=C(C1C=CC(O)C1)C(OCC)OCC. The number of rotatable bonds is 6. The predicted octanol–water partition coefficient (Wildman–Crippen LogP) is 1.88. The van der Waals surface area contributed by atoms with E-state index in [4.69, 9.17) is 9.47 Å². The summed E-state index contributed by atoms with van der Waals surface area (Å²) in [6.45, 7) is 9.05. The second-order valence-corrected chi connectivity index (χ2v) is 3.61. The molecule has 2 atom stereocenters. The van der Waals surface area contributed by atoms with Gasteiger partial charge in [-0.1, -0.05) is 18.7 Å². The molecule has 3 nitrogen and oxygen atoms in total. The summed E-state index contributed by atoms with van der Waals surface area (Å²) >= 11 is 0. The second-order valence-electron chi connectivity index (χ2n) is 3.61. The van der Waals surface area contributed by atoms with Gasteiger partial charge in [0.05, 0.1) is 6.10 Å². The summed E-state index contributed by atoms with van der Waals surface area (Å²) in [6.07, 6.45) is 3.76. The molecule has 0 saturated carbocycles. The lowest BCUT2D eigenvalue weighted by Crippen LogP contribution is -2.23. The van der Waals surface area contributed by atoms with E-state index in [-0.39, 0.29) is 18.3 Å². The van der Waals surface area contributed by atoms with Gasteiger partial charge in [0, 0.05) is 19.1 Å². The number of hydrogen-bond acceptors (Lipinski definition) is 3. The largest absolute Gasteiger partial charge is 0.389 e. The van der Waals surface area contributed by atoms with Crippen LogP contribution in [-0.4, -0.2) is 30.7 Å². The third-order valence-electron chi connectivity index (χ3n) is 2.48. The molecule has 3 heteroatoms. The maximum Gasteiger partial charge on any atom is 0.180 e. The fourth-order valence-electron chi connectivity index (χ4n) is 1.69. The van der Waals surface area contributed by atoms with Gasteiger partial charge in [0.2, 0.25) is 0 Å². The van der Waals surface area contributed by atoms with Gasteiger partial charge in [-0.15, -0.1) is 0 Å². The van der Waals surface area contributed by atoms with E-state index in [1.165, 1.54) is 0 Å². The highest BCUT2D eigenvalue weighted by atomic mass is 16.7. The highest BCUT2D eigenvalue weighted by molar-refractivity contribution is 5.18. The first-order valence-electron chi connectivity index (χ1n) is 5.47. The topological polar surface area (TPSA) is 38.7 Å². The normalized spacial score (nSPS) is 25.1. The summed E-state index contributed by atoms with van der Waals surface area (Å²) in [6, 6.07) is 0. The van der Waals surface area contributed by atoms with Gasteiger partial charge in [-0.25, -0.2) is 0 Å². The fourth-order valence-corrected chi connectivity index (χ4v) is 1.69. The summed E-state index contributed by atoms with van der Waals surface area (Å²) in [7, 11) is 0. The van der Waals surface area contributed by atoms with E-state index in [1.54, 1.807) is 6.08 Å². The molecule has 86 valence electrons. The first kappa shape index (κ1) is 12.4. The Morgan fingerprint density at radius 2 is 2.00 bits per heavy atom. The maximum absolute atomic E-state index is 9.38. The van der Waals surface area contributed by atoms with Crippen LogP contribution in [0.2, 0.25) is 0 Å². The van der Waals surface area contributed by atoms with Crippen molar-refractivity contribution in [2.24, 2.45) is 5.92 Å². The van der Waals surface area contributed by atoms with Gasteiger partial charge >= 0.3 is 0 Å². The summed E-state index contributed by atoms with van der Waals surface area (Å²) in [5.41, 5.74) is 0.895. The molecular formula is C12H20O3. The summed E-state index contributed by atoms with van der Waals surface area (Å²) in [5, 5.41) is 9.38. The molecule has 0 fully saturated rings. The standard InChI is InChI=1S/C12H20O3/c1-4-14-12(15-5-2)9(3)10-6-7-11(13)8-10/h6-7,10-13H,3-5,8H2,1-2H3. The minimum atomic E-state index is -0.351. The Hall–Kier alpha value is -0.640. The van der Waals surface area contributed by atoms with E-state index in [2.05, 4.69) is 6.58 Å². The quantitative estimate of drug-likeness (QED) is 0.539. The van der Waals surface area contributed by atoms with Gasteiger partial charge < -0.3 is 14.6 Å². The monoisotopic (exact) mass is 212 g/mol. The summed E-state index contributed by atoms with van der Waals surface area (Å²) in [4.78, 5) is 0. The third kappa shape index (κ3) is 3.45. The zero-order valence-electron chi connectivity index (χ0n) is 9.48. The van der Waals surface area contributed by atoms with Gasteiger partial charge in [0.1, 0.15) is 0 Å². The number of aliphatic hydroxyl groups excluding tert-OH is 1. The van der Waals surface area contributed by atoms with E-state index in [0.717, 1.165) is 5.57 Å². The molecule has 0 aromatic rings. The van der Waals surface area contributed by atoms with Crippen LogP contribution in [0.4, 0.5) is 0 Å². The van der Waals surface area contributed by atoms with Gasteiger partial charge in [-0.3, -0.25) is 0 Å². The zero-order valence-corrected chi connectivity index (χ0v) is 9.48. The van der Waals surface area contributed by atoms with Crippen LogP contribution in [-0.2, 0) is 9.47 Å². The first-order chi connectivity index (χ1) is 7.19. The van der Waals surface area contributed by atoms with E-state index in [9.17, 15) is 5.11 Å². The van der Waals surface area contributed by atoms with Crippen molar-refractivity contribution in [3.05, 3.63) is 24.3 Å². The van der Waals surface area contributed by atoms with Crippen molar-refractivity contribution >= 4 is 0 Å². The lowest BCUT2D eigenvalue weighted by molar-refractivity contribution is -0.114. The van der Waals surface area contributed by atoms with E-state index < -0.39 is 0 Å². The molecule has 0 amide bonds. The lowest BCUT2D eigenvalue weighted by atomic mass is 9.99. The van der Waals surface area contributed by atoms with Crippen molar-refractivity contribution < 1.29 is 14.6 Å². The Bertz CT molecular complexity index is 229. The molecule has 0 spiro atoms. The highest BCUT2D eigenvalue weighted by Crippen LogP contribution is 2.27. The minimum absolute atomic E-state index is 0.170. The summed E-state index contributed by atoms with van der Waals surface area (Å²) in [5.74, 6) is 0.170. The molecular weight excluding hydrogens is 192 g/mol. The van der Waals surface area contributed by atoms with Crippen molar-refractivity contribution in [1.29, 1.82) is 0 Å². The molecule has 1 N–H and O–H groups in total. The van der Waals surface area contributed by atoms with Crippen LogP contribution in [0.1, 0.15) is 20.3 Å². The van der Waals surface area contributed by atoms with Gasteiger partial charge in [0.25, 0.3) is 0 Å². The molecule has 0 aromatic carbocycles. The van der Waals surface area contributed by atoms with Crippen LogP contribution in [0.3, 0.4) is 0 Å². The number of allylic oxidation sites excluding steroid dienone is 1. The Balaban J connectivity index is 2.52. The Morgan fingerprint density at radius 3 is 2.40 bits per heavy atom. The molecule has 0 aliphatic heterocycles. The molecule has 0 radical (unpaired) electrons. The average molecular weight is 212 g/mol. The summed E-state index contributed by atoms with van der Waals surface area (Å²) < 4.78 is 10.9. The molecule has 1 rings (SSSR count). The predicted molar refractivity (Wildman–Crippen MR) is 59.4 cm³/mol. The van der Waals surface area contributed by atoms with Crippen molar-refractivity contribution in [3.63, 3.8) is 0 Å². The fraction of sp³-hybridized carbons (Fsp3) is 0.667. The number of ether oxygens (including phenoxy) is 2. The van der Waals surface area contributed by atoms with Crippen LogP contribution in [0.25, 0.3) is 0 Å². The third-order valence-corrected chi connectivity index (χ3v) is 2.48. The van der Waals surface area contributed by atoms with Gasteiger partial charge in [-0.2, -0.15) is 0 Å². The van der Waals surface area contributed by atoms with Crippen LogP contribution in [0, 0.1) is 5.92 Å². The van der Waals surface area contributed by atoms with E-state index >= 15 is 0 Å². The molecule has 15 heavy (non-hydrogen) atoms. The number of aliphatic hydroxyl groups is 1. The molecule has 0 saturated heterocycles. The Labute approximate surface area is 91.4 Å². The van der Waals surface area contributed by atoms with Crippen molar-refractivity contribution in [2.45, 2.75) is 32.7 Å². The maximum atomic E-state index is 9.38. The van der Waals surface area contributed by atoms with Crippen molar-refractivity contribution in [3.8, 4) is 0 Å². The average Bonchev–Trinajstić information content (AvgIpc) is 2.63. The lowest BCUT2D eigenvalue weighted by Gasteiger charge is -2.23. The molecule has 0 heterocycles. The second kappa shape index (κ2) is 6.05. The van der Waals surface area contributed by atoms with Crippen LogP contribution < -0.4 is 0 Å². The molecule has 2 unspecified atom stereocenters. The minimum Gasteiger partial charge on any atom is -0.389 e. The van der Waals surface area contributed by atoms with E-state index in [0.29, 0.717) is 19.6 Å². The number of hydrogen-bond donors (Lipinski definition) is 1. The Morgan fingerprint density at radius 1 is 1.40 bits per heavy atom. The Kier molecular flexibility index (Phi) is 5.02. The molecule has 0 aromatic heterocycles.